The lowest BCUT2D eigenvalue weighted by Gasteiger charge is -2.25. The van der Waals surface area contributed by atoms with Crippen LogP contribution in [0.25, 0.3) is 10.9 Å². The van der Waals surface area contributed by atoms with Crippen LogP contribution in [0, 0.1) is 5.92 Å². The number of aromatic amines is 1. The highest BCUT2D eigenvalue weighted by molar-refractivity contribution is 5.94. The SMILES string of the molecule is CC(C)[C@H](N)C(=O)N[C@@H](CCCCN)C(=O)N[C@@H](Cc1c[nH]c2ccccc12)C(=O)N[C@@H](CO)C(=O)O. The van der Waals surface area contributed by atoms with Gasteiger partial charge in [-0.1, -0.05) is 32.0 Å². The van der Waals surface area contributed by atoms with Gasteiger partial charge in [0.1, 0.15) is 18.1 Å². The molecule has 1 aromatic heterocycles. The third kappa shape index (κ3) is 8.55. The normalized spacial score (nSPS) is 14.5. The molecule has 12 nitrogen and oxygen atoms in total. The number of aliphatic hydroxyl groups is 1. The van der Waals surface area contributed by atoms with Crippen molar-refractivity contribution in [2.45, 2.75) is 63.7 Å². The summed E-state index contributed by atoms with van der Waals surface area (Å²) in [6, 6.07) is 2.87. The number of carboxylic acid groups (broad SMARTS) is 1. The van der Waals surface area contributed by atoms with Crippen LogP contribution < -0.4 is 27.4 Å². The summed E-state index contributed by atoms with van der Waals surface area (Å²) >= 11 is 0. The molecule has 37 heavy (non-hydrogen) atoms. The molecule has 0 spiro atoms. The number of aliphatic hydroxyl groups excluding tert-OH is 1. The summed E-state index contributed by atoms with van der Waals surface area (Å²) < 4.78 is 0. The number of carboxylic acids is 1. The molecule has 0 aliphatic carbocycles. The van der Waals surface area contributed by atoms with Crippen molar-refractivity contribution in [1.82, 2.24) is 20.9 Å². The van der Waals surface area contributed by atoms with Gasteiger partial charge in [-0.25, -0.2) is 4.79 Å². The highest BCUT2D eigenvalue weighted by Crippen LogP contribution is 2.19. The molecular weight excluding hydrogens is 480 g/mol. The Morgan fingerprint density at radius 2 is 1.57 bits per heavy atom. The number of unbranched alkanes of at least 4 members (excludes halogenated alkanes) is 1. The van der Waals surface area contributed by atoms with Gasteiger partial charge in [0.2, 0.25) is 17.7 Å². The molecule has 0 aliphatic rings. The third-order valence-electron chi connectivity index (χ3n) is 6.13. The van der Waals surface area contributed by atoms with Gasteiger partial charge in [-0.15, -0.1) is 0 Å². The van der Waals surface area contributed by atoms with Crippen LogP contribution in [0.1, 0.15) is 38.7 Å². The number of amides is 3. The van der Waals surface area contributed by atoms with Crippen molar-refractivity contribution in [3.8, 4) is 0 Å². The van der Waals surface area contributed by atoms with E-state index in [0.717, 1.165) is 16.5 Å². The van der Waals surface area contributed by atoms with Crippen LogP contribution in [-0.2, 0) is 25.6 Å². The summed E-state index contributed by atoms with van der Waals surface area (Å²) in [7, 11) is 0. The zero-order chi connectivity index (χ0) is 27.5. The van der Waals surface area contributed by atoms with Crippen molar-refractivity contribution < 1.29 is 29.4 Å². The molecule has 0 fully saturated rings. The van der Waals surface area contributed by atoms with E-state index >= 15 is 0 Å². The van der Waals surface area contributed by atoms with E-state index < -0.39 is 54.5 Å². The zero-order valence-electron chi connectivity index (χ0n) is 21.2. The second-order valence-corrected chi connectivity index (χ2v) is 9.32. The number of nitrogens with one attached hydrogen (secondary N) is 4. The van der Waals surface area contributed by atoms with Gasteiger partial charge in [0, 0.05) is 23.5 Å². The Morgan fingerprint density at radius 1 is 0.946 bits per heavy atom. The summed E-state index contributed by atoms with van der Waals surface area (Å²) in [6.07, 6.45) is 3.20. The Balaban J connectivity index is 2.29. The van der Waals surface area contributed by atoms with Crippen LogP contribution in [0.2, 0.25) is 0 Å². The first-order valence-electron chi connectivity index (χ1n) is 12.3. The monoisotopic (exact) mass is 518 g/mol. The standard InChI is InChI=1S/C25H38N6O6/c1-14(2)21(27)24(35)29-18(9-5-6-10-26)22(33)30-19(23(34)31-20(13-32)25(36)37)11-15-12-28-17-8-4-3-7-16(15)17/h3-4,7-8,12,14,18-21,28,32H,5-6,9-11,13,26-27H2,1-2H3,(H,29,35)(H,30,33)(H,31,34)(H,36,37)/t18-,19-,20-,21-/m0/s1. The molecule has 2 rings (SSSR count). The van der Waals surface area contributed by atoms with Gasteiger partial charge in [0.15, 0.2) is 0 Å². The van der Waals surface area contributed by atoms with Crippen LogP contribution in [0.15, 0.2) is 30.5 Å². The van der Waals surface area contributed by atoms with Gasteiger partial charge in [-0.05, 0) is 43.4 Å². The first kappa shape index (κ1) is 29.7. The molecule has 12 heteroatoms. The average molecular weight is 519 g/mol. The molecule has 3 amide bonds. The predicted molar refractivity (Wildman–Crippen MR) is 138 cm³/mol. The smallest absolute Gasteiger partial charge is 0.328 e. The topological polar surface area (TPSA) is 213 Å². The Labute approximate surface area is 215 Å². The third-order valence-corrected chi connectivity index (χ3v) is 6.13. The van der Waals surface area contributed by atoms with Gasteiger partial charge in [0.25, 0.3) is 0 Å². The van der Waals surface area contributed by atoms with E-state index in [1.54, 1.807) is 20.0 Å². The highest BCUT2D eigenvalue weighted by atomic mass is 16.4. The number of fused-ring (bicyclic) bond motifs is 1. The Morgan fingerprint density at radius 3 is 2.19 bits per heavy atom. The van der Waals surface area contributed by atoms with Crippen molar-refractivity contribution in [1.29, 1.82) is 0 Å². The highest BCUT2D eigenvalue weighted by Gasteiger charge is 2.31. The second-order valence-electron chi connectivity index (χ2n) is 9.32. The minimum Gasteiger partial charge on any atom is -0.480 e. The molecule has 0 saturated heterocycles. The number of carbonyl (C=O) groups is 4. The fourth-order valence-corrected chi connectivity index (χ4v) is 3.79. The first-order chi connectivity index (χ1) is 17.6. The number of H-pyrrole nitrogens is 1. The van der Waals surface area contributed by atoms with Gasteiger partial charge in [0.05, 0.1) is 12.6 Å². The first-order valence-corrected chi connectivity index (χ1v) is 12.3. The summed E-state index contributed by atoms with van der Waals surface area (Å²) in [5.41, 5.74) is 13.1. The molecule has 1 aromatic carbocycles. The number of aromatic nitrogens is 1. The number of rotatable bonds is 15. The number of aliphatic carboxylic acids is 1. The van der Waals surface area contributed by atoms with Crippen molar-refractivity contribution in [3.05, 3.63) is 36.0 Å². The lowest BCUT2D eigenvalue weighted by atomic mass is 10.0. The number of benzene rings is 1. The summed E-state index contributed by atoms with van der Waals surface area (Å²) in [4.78, 5) is 53.5. The van der Waals surface area contributed by atoms with Gasteiger partial charge in [-0.2, -0.15) is 0 Å². The molecule has 0 aliphatic heterocycles. The van der Waals surface area contributed by atoms with Crippen molar-refractivity contribution in [2.75, 3.05) is 13.2 Å². The van der Waals surface area contributed by atoms with Crippen LogP contribution >= 0.6 is 0 Å². The van der Waals surface area contributed by atoms with E-state index in [0.29, 0.717) is 19.4 Å². The minimum atomic E-state index is -1.54. The maximum Gasteiger partial charge on any atom is 0.328 e. The van der Waals surface area contributed by atoms with E-state index in [4.69, 9.17) is 11.5 Å². The Hall–Kier alpha value is -3.48. The van der Waals surface area contributed by atoms with E-state index in [1.165, 1.54) is 0 Å². The van der Waals surface area contributed by atoms with Crippen LogP contribution in [-0.4, -0.2) is 76.2 Å². The maximum atomic E-state index is 13.3. The van der Waals surface area contributed by atoms with Gasteiger partial charge < -0.3 is 42.6 Å². The van der Waals surface area contributed by atoms with Crippen LogP contribution in [0.4, 0.5) is 0 Å². The molecule has 0 radical (unpaired) electrons. The molecule has 2 aromatic rings. The number of para-hydroxylation sites is 1. The number of hydrogen-bond acceptors (Lipinski definition) is 7. The molecule has 0 bridgehead atoms. The minimum absolute atomic E-state index is 0.0360. The molecular formula is C25H38N6O6. The Bertz CT molecular complexity index is 1070. The largest absolute Gasteiger partial charge is 0.480 e. The van der Waals surface area contributed by atoms with Crippen LogP contribution in [0.3, 0.4) is 0 Å². The van der Waals surface area contributed by atoms with Gasteiger partial charge in [-0.3, -0.25) is 14.4 Å². The fraction of sp³-hybridized carbons (Fsp3) is 0.520. The molecule has 1 heterocycles. The number of nitrogens with two attached hydrogens (primary N) is 2. The fourth-order valence-electron chi connectivity index (χ4n) is 3.79. The molecule has 0 saturated carbocycles. The molecule has 4 atom stereocenters. The Kier molecular flexibility index (Phi) is 11.5. The quantitative estimate of drug-likeness (QED) is 0.142. The summed E-state index contributed by atoms with van der Waals surface area (Å²) in [6.45, 7) is 3.17. The zero-order valence-corrected chi connectivity index (χ0v) is 21.2. The van der Waals surface area contributed by atoms with E-state index in [9.17, 15) is 29.4 Å². The molecule has 0 unspecified atom stereocenters. The molecule has 10 N–H and O–H groups in total. The lowest BCUT2D eigenvalue weighted by molar-refractivity contribution is -0.143. The maximum absolute atomic E-state index is 13.3. The number of hydrogen-bond donors (Lipinski definition) is 8. The van der Waals surface area contributed by atoms with Crippen molar-refractivity contribution in [3.63, 3.8) is 0 Å². The van der Waals surface area contributed by atoms with Crippen molar-refractivity contribution >= 4 is 34.6 Å². The summed E-state index contributed by atoms with van der Waals surface area (Å²) in [5.74, 6) is -3.46. The van der Waals surface area contributed by atoms with E-state index in [1.807, 2.05) is 24.3 Å². The van der Waals surface area contributed by atoms with Crippen LogP contribution in [0.5, 0.6) is 0 Å². The summed E-state index contributed by atoms with van der Waals surface area (Å²) in [5, 5.41) is 27.0. The van der Waals surface area contributed by atoms with E-state index in [-0.39, 0.29) is 18.8 Å². The second kappa shape index (κ2) is 14.3. The van der Waals surface area contributed by atoms with Gasteiger partial charge >= 0.3 is 5.97 Å². The van der Waals surface area contributed by atoms with Crippen molar-refractivity contribution in [2.24, 2.45) is 17.4 Å². The number of carbonyl (C=O) groups excluding carboxylic acids is 3. The molecule has 204 valence electrons. The predicted octanol–water partition coefficient (Wildman–Crippen LogP) is -0.646. The average Bonchev–Trinajstić information content (AvgIpc) is 3.28. The lowest BCUT2D eigenvalue weighted by Crippen LogP contribution is -2.58. The van der Waals surface area contributed by atoms with E-state index in [2.05, 4.69) is 20.9 Å².